The smallest absolute Gasteiger partial charge is 0.269 e. The third-order valence-corrected chi connectivity index (χ3v) is 4.36. The average molecular weight is 383 g/mol. The van der Waals surface area contributed by atoms with Gasteiger partial charge in [-0.2, -0.15) is 0 Å². The maximum absolute atomic E-state index is 12.2. The fourth-order valence-electron chi connectivity index (χ4n) is 2.59. The molecule has 2 N–H and O–H groups in total. The monoisotopic (exact) mass is 383 g/mol. The van der Waals surface area contributed by atoms with Crippen LogP contribution in [0.4, 0.5) is 11.4 Å². The molecule has 2 aromatic carbocycles. The molecule has 0 saturated heterocycles. The van der Waals surface area contributed by atoms with Crippen LogP contribution in [0.15, 0.2) is 53.3 Å². The van der Waals surface area contributed by atoms with Gasteiger partial charge < -0.3 is 15.2 Å². The average Bonchev–Trinajstić information content (AvgIpc) is 2.66. The molecule has 0 atom stereocenters. The summed E-state index contributed by atoms with van der Waals surface area (Å²) in [5.74, 6) is 0.508. The highest BCUT2D eigenvalue weighted by molar-refractivity contribution is 7.80. The fourth-order valence-corrected chi connectivity index (χ4v) is 2.90. The Hall–Kier alpha value is -3.33. The van der Waals surface area contributed by atoms with Crippen molar-refractivity contribution in [2.75, 3.05) is 11.9 Å². The molecule has 0 radical (unpaired) electrons. The Labute approximate surface area is 160 Å². The fraction of sp³-hybridized carbons (Fsp3) is 0.167. The zero-order valence-corrected chi connectivity index (χ0v) is 15.3. The SMILES string of the molecule is CCN(Cc1nc2ccccc2c(=O)[nH]1)C(=S)Nc1ccc([N+](=O)[O-])cc1. The van der Waals surface area contributed by atoms with Crippen LogP contribution in [-0.4, -0.2) is 31.4 Å². The number of nitrogens with zero attached hydrogens (tertiary/aromatic N) is 3. The number of anilines is 1. The highest BCUT2D eigenvalue weighted by atomic mass is 32.1. The quantitative estimate of drug-likeness (QED) is 0.396. The Kier molecular flexibility index (Phi) is 5.41. The highest BCUT2D eigenvalue weighted by Crippen LogP contribution is 2.16. The van der Waals surface area contributed by atoms with Gasteiger partial charge in [-0.3, -0.25) is 14.9 Å². The van der Waals surface area contributed by atoms with Crippen LogP contribution in [0, 0.1) is 10.1 Å². The molecule has 0 bridgehead atoms. The van der Waals surface area contributed by atoms with Crippen molar-refractivity contribution in [2.45, 2.75) is 13.5 Å². The predicted octanol–water partition coefficient (Wildman–Crippen LogP) is 3.05. The second kappa shape index (κ2) is 7.92. The van der Waals surface area contributed by atoms with E-state index in [1.165, 1.54) is 12.1 Å². The number of hydrogen-bond donors (Lipinski definition) is 2. The number of non-ortho nitro benzene ring substituents is 1. The van der Waals surface area contributed by atoms with Gasteiger partial charge in [-0.15, -0.1) is 0 Å². The van der Waals surface area contributed by atoms with Crippen molar-refractivity contribution in [1.82, 2.24) is 14.9 Å². The second-order valence-corrected chi connectivity index (χ2v) is 6.16. The number of fused-ring (bicyclic) bond motifs is 1. The number of para-hydroxylation sites is 1. The molecule has 27 heavy (non-hydrogen) atoms. The molecule has 0 aliphatic carbocycles. The molecular weight excluding hydrogens is 366 g/mol. The summed E-state index contributed by atoms with van der Waals surface area (Å²) in [7, 11) is 0. The van der Waals surface area contributed by atoms with Gasteiger partial charge in [0.05, 0.1) is 22.4 Å². The van der Waals surface area contributed by atoms with Crippen LogP contribution in [0.25, 0.3) is 10.9 Å². The van der Waals surface area contributed by atoms with E-state index in [4.69, 9.17) is 12.2 Å². The number of aromatic nitrogens is 2. The molecule has 0 aliphatic rings. The Bertz CT molecular complexity index is 1050. The highest BCUT2D eigenvalue weighted by Gasteiger charge is 2.12. The van der Waals surface area contributed by atoms with Gasteiger partial charge in [0.25, 0.3) is 11.2 Å². The molecule has 9 heteroatoms. The van der Waals surface area contributed by atoms with E-state index in [1.54, 1.807) is 30.3 Å². The van der Waals surface area contributed by atoms with Gasteiger partial charge in [-0.1, -0.05) is 12.1 Å². The number of nitro groups is 1. The molecule has 138 valence electrons. The van der Waals surface area contributed by atoms with E-state index in [0.29, 0.717) is 40.6 Å². The van der Waals surface area contributed by atoms with E-state index in [2.05, 4.69) is 15.3 Å². The normalized spacial score (nSPS) is 10.6. The summed E-state index contributed by atoms with van der Waals surface area (Å²) >= 11 is 5.43. The number of benzene rings is 2. The number of nitrogens with one attached hydrogen (secondary N) is 2. The summed E-state index contributed by atoms with van der Waals surface area (Å²) in [6.45, 7) is 2.85. The Balaban J connectivity index is 1.75. The van der Waals surface area contributed by atoms with Crippen molar-refractivity contribution in [3.05, 3.63) is 74.8 Å². The first-order chi connectivity index (χ1) is 13.0. The summed E-state index contributed by atoms with van der Waals surface area (Å²) in [5.41, 5.74) is 1.09. The largest absolute Gasteiger partial charge is 0.342 e. The predicted molar refractivity (Wildman–Crippen MR) is 108 cm³/mol. The van der Waals surface area contributed by atoms with Crippen LogP contribution in [0.1, 0.15) is 12.7 Å². The van der Waals surface area contributed by atoms with Crippen molar-refractivity contribution >= 4 is 39.6 Å². The van der Waals surface area contributed by atoms with Crippen LogP contribution < -0.4 is 10.9 Å². The number of H-pyrrole nitrogens is 1. The molecule has 1 aromatic heterocycles. The van der Waals surface area contributed by atoms with E-state index in [9.17, 15) is 14.9 Å². The number of thiocarbonyl (C=S) groups is 1. The van der Waals surface area contributed by atoms with Crippen molar-refractivity contribution in [1.29, 1.82) is 0 Å². The summed E-state index contributed by atoms with van der Waals surface area (Å²) in [6, 6.07) is 13.1. The minimum absolute atomic E-state index is 0.0109. The molecule has 0 fully saturated rings. The lowest BCUT2D eigenvalue weighted by Crippen LogP contribution is -2.35. The van der Waals surface area contributed by atoms with E-state index in [0.717, 1.165) is 0 Å². The standard InChI is InChI=1S/C18H17N5O3S/c1-2-22(18(27)19-12-7-9-13(10-8-12)23(25)26)11-16-20-15-6-4-3-5-14(15)17(24)21-16/h3-10H,2,11H2,1H3,(H,19,27)(H,20,21,24). The summed E-state index contributed by atoms with van der Waals surface area (Å²) < 4.78 is 0. The van der Waals surface area contributed by atoms with Gasteiger partial charge >= 0.3 is 0 Å². The maximum atomic E-state index is 12.2. The van der Waals surface area contributed by atoms with Gasteiger partial charge in [-0.25, -0.2) is 4.98 Å². The molecule has 0 aliphatic heterocycles. The molecule has 1 heterocycles. The topological polar surface area (TPSA) is 104 Å². The Morgan fingerprint density at radius 2 is 1.96 bits per heavy atom. The van der Waals surface area contributed by atoms with Crippen LogP contribution in [0.3, 0.4) is 0 Å². The van der Waals surface area contributed by atoms with Gasteiger partial charge in [-0.05, 0) is 43.4 Å². The van der Waals surface area contributed by atoms with Crippen LogP contribution in [0.5, 0.6) is 0 Å². The van der Waals surface area contributed by atoms with Crippen molar-refractivity contribution in [3.63, 3.8) is 0 Å². The number of aromatic amines is 1. The zero-order valence-electron chi connectivity index (χ0n) is 14.5. The van der Waals surface area contributed by atoms with Crippen molar-refractivity contribution < 1.29 is 4.92 Å². The van der Waals surface area contributed by atoms with Gasteiger partial charge in [0, 0.05) is 24.4 Å². The van der Waals surface area contributed by atoms with Gasteiger partial charge in [0.15, 0.2) is 5.11 Å². The van der Waals surface area contributed by atoms with E-state index < -0.39 is 4.92 Å². The molecule has 0 unspecified atom stereocenters. The number of rotatable bonds is 5. The molecule has 8 nitrogen and oxygen atoms in total. The third kappa shape index (κ3) is 4.26. The molecule has 3 aromatic rings. The molecule has 3 rings (SSSR count). The lowest BCUT2D eigenvalue weighted by molar-refractivity contribution is -0.384. The molecule has 0 spiro atoms. The third-order valence-electron chi connectivity index (χ3n) is 4.00. The minimum Gasteiger partial charge on any atom is -0.342 e. The van der Waals surface area contributed by atoms with Gasteiger partial charge in [0.1, 0.15) is 5.82 Å². The van der Waals surface area contributed by atoms with Crippen molar-refractivity contribution in [2.24, 2.45) is 0 Å². The van der Waals surface area contributed by atoms with E-state index in [1.807, 2.05) is 17.9 Å². The zero-order chi connectivity index (χ0) is 19.4. The lowest BCUT2D eigenvalue weighted by Gasteiger charge is -2.23. The molecular formula is C18H17N5O3S. The van der Waals surface area contributed by atoms with Crippen LogP contribution in [0.2, 0.25) is 0 Å². The Morgan fingerprint density at radius 3 is 2.63 bits per heavy atom. The summed E-state index contributed by atoms with van der Waals surface area (Å²) in [6.07, 6.45) is 0. The Morgan fingerprint density at radius 1 is 1.26 bits per heavy atom. The second-order valence-electron chi connectivity index (χ2n) is 5.78. The first-order valence-electron chi connectivity index (χ1n) is 8.26. The lowest BCUT2D eigenvalue weighted by atomic mass is 10.2. The first-order valence-corrected chi connectivity index (χ1v) is 8.67. The maximum Gasteiger partial charge on any atom is 0.269 e. The number of hydrogen-bond acceptors (Lipinski definition) is 5. The van der Waals surface area contributed by atoms with Crippen LogP contribution >= 0.6 is 12.2 Å². The molecule has 0 saturated carbocycles. The van der Waals surface area contributed by atoms with Gasteiger partial charge in [0.2, 0.25) is 0 Å². The van der Waals surface area contributed by atoms with Crippen molar-refractivity contribution in [3.8, 4) is 0 Å². The first kappa shape index (κ1) is 18.5. The van der Waals surface area contributed by atoms with E-state index in [-0.39, 0.29) is 11.2 Å². The van der Waals surface area contributed by atoms with E-state index >= 15 is 0 Å². The summed E-state index contributed by atoms with van der Waals surface area (Å²) in [4.78, 5) is 31.6. The summed E-state index contributed by atoms with van der Waals surface area (Å²) in [5, 5.41) is 14.7. The molecule has 0 amide bonds. The van der Waals surface area contributed by atoms with Crippen LogP contribution in [-0.2, 0) is 6.54 Å². The minimum atomic E-state index is -0.456. The number of nitro benzene ring substituents is 1.